The fraction of sp³-hybridized carbons (Fsp3) is 0.920. The number of ether oxygens (including phenoxy) is 3. The summed E-state index contributed by atoms with van der Waals surface area (Å²) in [5, 5.41) is 0. The summed E-state index contributed by atoms with van der Waals surface area (Å²) < 4.78 is 17.7. The average Bonchev–Trinajstić information content (AvgIpc) is 2.63. The third-order valence-corrected chi connectivity index (χ3v) is 5.47. The Kier molecular flexibility index (Phi) is 15.0. The summed E-state index contributed by atoms with van der Waals surface area (Å²) in [5.41, 5.74) is -0.544. The minimum Gasteiger partial charge on any atom is -0.493 e. The van der Waals surface area contributed by atoms with E-state index in [0.717, 1.165) is 25.4 Å². The standard InChI is InChI=1S/C25H50O3/c1-9-11-14-17-22(3)18-15-12-13-16-19-28-25(8,10-2)23(4)26-20-21-27-24(5,6)7/h22H,4,9-21H2,1-3,5-8H3. The van der Waals surface area contributed by atoms with Crippen molar-refractivity contribution in [3.8, 4) is 0 Å². The van der Waals surface area contributed by atoms with Crippen LogP contribution < -0.4 is 0 Å². The van der Waals surface area contributed by atoms with E-state index in [4.69, 9.17) is 14.2 Å². The van der Waals surface area contributed by atoms with Crippen LogP contribution in [-0.2, 0) is 14.2 Å². The van der Waals surface area contributed by atoms with Gasteiger partial charge < -0.3 is 14.2 Å². The third-order valence-electron chi connectivity index (χ3n) is 5.47. The first-order valence-corrected chi connectivity index (χ1v) is 11.7. The van der Waals surface area contributed by atoms with Gasteiger partial charge in [0.15, 0.2) is 0 Å². The lowest BCUT2D eigenvalue weighted by Crippen LogP contribution is -2.32. The van der Waals surface area contributed by atoms with Crippen LogP contribution in [0.2, 0.25) is 0 Å². The normalized spacial score (nSPS) is 15.2. The summed E-state index contributed by atoms with van der Waals surface area (Å²) in [6.45, 7) is 21.0. The lowest BCUT2D eigenvalue weighted by molar-refractivity contribution is -0.0660. The summed E-state index contributed by atoms with van der Waals surface area (Å²) in [6, 6.07) is 0. The zero-order valence-electron chi connectivity index (χ0n) is 20.2. The van der Waals surface area contributed by atoms with Crippen LogP contribution in [-0.4, -0.2) is 31.0 Å². The van der Waals surface area contributed by atoms with Crippen LogP contribution in [0.3, 0.4) is 0 Å². The summed E-state index contributed by atoms with van der Waals surface area (Å²) in [4.78, 5) is 0. The molecule has 168 valence electrons. The highest BCUT2D eigenvalue weighted by molar-refractivity contribution is 5.03. The molecule has 0 heterocycles. The molecule has 0 amide bonds. The predicted octanol–water partition coefficient (Wildman–Crippen LogP) is 7.68. The first-order valence-electron chi connectivity index (χ1n) is 11.7. The Morgan fingerprint density at radius 2 is 1.39 bits per heavy atom. The van der Waals surface area contributed by atoms with Gasteiger partial charge >= 0.3 is 0 Å². The fourth-order valence-corrected chi connectivity index (χ4v) is 3.18. The molecular formula is C25H50O3. The fourth-order valence-electron chi connectivity index (χ4n) is 3.18. The highest BCUT2D eigenvalue weighted by Gasteiger charge is 2.28. The minimum absolute atomic E-state index is 0.136. The lowest BCUT2D eigenvalue weighted by atomic mass is 9.96. The molecule has 0 saturated heterocycles. The molecule has 0 saturated carbocycles. The van der Waals surface area contributed by atoms with Crippen LogP contribution in [0.15, 0.2) is 12.3 Å². The van der Waals surface area contributed by atoms with Gasteiger partial charge in [-0.15, -0.1) is 0 Å². The molecule has 0 aliphatic carbocycles. The Bertz CT molecular complexity index is 386. The van der Waals surface area contributed by atoms with E-state index < -0.39 is 5.60 Å². The minimum atomic E-state index is -0.407. The molecule has 2 unspecified atom stereocenters. The van der Waals surface area contributed by atoms with Crippen molar-refractivity contribution >= 4 is 0 Å². The zero-order chi connectivity index (χ0) is 21.5. The molecule has 0 rings (SSSR count). The quantitative estimate of drug-likeness (QED) is 0.175. The molecule has 2 atom stereocenters. The SMILES string of the molecule is C=C(OCCOC(C)(C)C)C(C)(CC)OCCCCCCC(C)CCCCC. The molecule has 0 fully saturated rings. The van der Waals surface area contributed by atoms with Gasteiger partial charge in [0.05, 0.1) is 12.2 Å². The molecule has 0 aromatic carbocycles. The molecule has 28 heavy (non-hydrogen) atoms. The van der Waals surface area contributed by atoms with Crippen molar-refractivity contribution in [2.75, 3.05) is 19.8 Å². The molecule has 3 nitrogen and oxygen atoms in total. The van der Waals surface area contributed by atoms with Crippen LogP contribution in [0.1, 0.15) is 113 Å². The van der Waals surface area contributed by atoms with Crippen LogP contribution in [0, 0.1) is 5.92 Å². The molecule has 0 radical (unpaired) electrons. The van der Waals surface area contributed by atoms with Crippen LogP contribution >= 0.6 is 0 Å². The Hall–Kier alpha value is -0.540. The molecule has 0 bridgehead atoms. The summed E-state index contributed by atoms with van der Waals surface area (Å²) in [6.07, 6.45) is 12.8. The predicted molar refractivity (Wildman–Crippen MR) is 122 cm³/mol. The van der Waals surface area contributed by atoms with Crippen LogP contribution in [0.4, 0.5) is 0 Å². The van der Waals surface area contributed by atoms with Crippen molar-refractivity contribution in [1.29, 1.82) is 0 Å². The second-order valence-electron chi connectivity index (χ2n) is 9.47. The van der Waals surface area contributed by atoms with Gasteiger partial charge in [0.2, 0.25) is 0 Å². The first kappa shape index (κ1) is 27.5. The van der Waals surface area contributed by atoms with Gasteiger partial charge in [-0.1, -0.05) is 78.7 Å². The van der Waals surface area contributed by atoms with Crippen LogP contribution in [0.25, 0.3) is 0 Å². The lowest BCUT2D eigenvalue weighted by Gasteiger charge is -2.31. The Morgan fingerprint density at radius 1 is 0.786 bits per heavy atom. The molecule has 3 heteroatoms. The topological polar surface area (TPSA) is 27.7 Å². The van der Waals surface area contributed by atoms with Gasteiger partial charge in [-0.25, -0.2) is 0 Å². The van der Waals surface area contributed by atoms with Gasteiger partial charge in [0.25, 0.3) is 0 Å². The van der Waals surface area contributed by atoms with Gasteiger partial charge in [-0.2, -0.15) is 0 Å². The Labute approximate surface area is 176 Å². The van der Waals surface area contributed by atoms with E-state index in [1.54, 1.807) is 0 Å². The van der Waals surface area contributed by atoms with E-state index in [-0.39, 0.29) is 5.60 Å². The molecule has 0 aliphatic heterocycles. The summed E-state index contributed by atoms with van der Waals surface area (Å²) >= 11 is 0. The second-order valence-corrected chi connectivity index (χ2v) is 9.47. The van der Waals surface area contributed by atoms with Gasteiger partial charge in [-0.3, -0.25) is 0 Å². The number of hydrogen-bond acceptors (Lipinski definition) is 3. The maximum Gasteiger partial charge on any atom is 0.121 e. The molecule has 0 aliphatic rings. The molecule has 0 aromatic rings. The maximum absolute atomic E-state index is 6.17. The van der Waals surface area contributed by atoms with E-state index in [9.17, 15) is 0 Å². The summed E-state index contributed by atoms with van der Waals surface area (Å²) in [7, 11) is 0. The van der Waals surface area contributed by atoms with Gasteiger partial charge in [-0.05, 0) is 46.5 Å². The van der Waals surface area contributed by atoms with Crippen molar-refractivity contribution in [3.63, 3.8) is 0 Å². The summed E-state index contributed by atoms with van der Waals surface area (Å²) in [5.74, 6) is 1.60. The largest absolute Gasteiger partial charge is 0.493 e. The average molecular weight is 399 g/mol. The van der Waals surface area contributed by atoms with Crippen molar-refractivity contribution in [2.45, 2.75) is 124 Å². The van der Waals surface area contributed by atoms with E-state index in [1.165, 1.54) is 51.4 Å². The van der Waals surface area contributed by atoms with Crippen molar-refractivity contribution in [1.82, 2.24) is 0 Å². The van der Waals surface area contributed by atoms with E-state index >= 15 is 0 Å². The Balaban J connectivity index is 3.86. The highest BCUT2D eigenvalue weighted by Crippen LogP contribution is 2.26. The number of unbranched alkanes of at least 4 members (excludes halogenated alkanes) is 5. The highest BCUT2D eigenvalue weighted by atomic mass is 16.6. The van der Waals surface area contributed by atoms with Gasteiger partial charge in [0.1, 0.15) is 18.0 Å². The van der Waals surface area contributed by atoms with E-state index in [1.807, 2.05) is 20.8 Å². The second kappa shape index (κ2) is 15.3. The Morgan fingerprint density at radius 3 is 1.96 bits per heavy atom. The molecule has 0 spiro atoms. The van der Waals surface area contributed by atoms with E-state index in [2.05, 4.69) is 34.3 Å². The first-order chi connectivity index (χ1) is 13.1. The van der Waals surface area contributed by atoms with Crippen LogP contribution in [0.5, 0.6) is 0 Å². The third kappa shape index (κ3) is 14.5. The van der Waals surface area contributed by atoms with Crippen molar-refractivity contribution in [3.05, 3.63) is 12.3 Å². The van der Waals surface area contributed by atoms with Gasteiger partial charge in [0, 0.05) is 6.61 Å². The zero-order valence-corrected chi connectivity index (χ0v) is 20.2. The number of rotatable bonds is 18. The number of hydrogen-bond donors (Lipinski definition) is 0. The molecule has 0 aromatic heterocycles. The van der Waals surface area contributed by atoms with Crippen molar-refractivity contribution in [2.24, 2.45) is 5.92 Å². The smallest absolute Gasteiger partial charge is 0.121 e. The molecule has 0 N–H and O–H groups in total. The monoisotopic (exact) mass is 398 g/mol. The van der Waals surface area contributed by atoms with E-state index in [0.29, 0.717) is 19.0 Å². The maximum atomic E-state index is 6.17. The van der Waals surface area contributed by atoms with Crippen molar-refractivity contribution < 1.29 is 14.2 Å². The molecular weight excluding hydrogens is 348 g/mol.